The van der Waals surface area contributed by atoms with Crippen LogP contribution in [0.15, 0.2) is 65.2 Å². The molecule has 8 nitrogen and oxygen atoms in total. The highest BCUT2D eigenvalue weighted by Crippen LogP contribution is 2.23. The lowest BCUT2D eigenvalue weighted by Gasteiger charge is -2.17. The summed E-state index contributed by atoms with van der Waals surface area (Å²) in [6.45, 7) is 4.32. The zero-order chi connectivity index (χ0) is 22.8. The number of carbonyl (C=O) groups excluding carboxylic acids is 2. The van der Waals surface area contributed by atoms with E-state index >= 15 is 0 Å². The van der Waals surface area contributed by atoms with E-state index in [2.05, 4.69) is 5.32 Å². The Bertz CT molecular complexity index is 1020. The fourth-order valence-corrected chi connectivity index (χ4v) is 2.61. The number of nitriles is 2. The molecule has 1 N–H and O–H groups in total. The second-order valence-electron chi connectivity index (χ2n) is 6.44. The SMILES string of the molecule is CC(=O)OC(CNc1ccc(/C=C/C2=CC(=C(C#N)C#N)C=C(C)O2)cc1)OC(C)=O. The molecule has 0 aromatic heterocycles. The fraction of sp³-hybridized carbons (Fsp3) is 0.217. The summed E-state index contributed by atoms with van der Waals surface area (Å²) in [6.07, 6.45) is 5.81. The fourth-order valence-electron chi connectivity index (χ4n) is 2.61. The number of anilines is 1. The summed E-state index contributed by atoms with van der Waals surface area (Å²) in [5.74, 6) is -0.0133. The van der Waals surface area contributed by atoms with E-state index in [1.54, 1.807) is 25.2 Å². The van der Waals surface area contributed by atoms with Crippen molar-refractivity contribution in [2.45, 2.75) is 27.1 Å². The van der Waals surface area contributed by atoms with Crippen LogP contribution >= 0.6 is 0 Å². The zero-order valence-electron chi connectivity index (χ0n) is 17.3. The third kappa shape index (κ3) is 7.56. The third-order valence-corrected chi connectivity index (χ3v) is 3.87. The van der Waals surface area contributed by atoms with Crippen LogP contribution in [0.4, 0.5) is 5.69 Å². The first-order chi connectivity index (χ1) is 14.8. The topological polar surface area (TPSA) is 121 Å². The van der Waals surface area contributed by atoms with Crippen LogP contribution in [-0.4, -0.2) is 24.8 Å². The van der Waals surface area contributed by atoms with Crippen LogP contribution in [0.5, 0.6) is 0 Å². The maximum absolute atomic E-state index is 11.1. The van der Waals surface area contributed by atoms with Gasteiger partial charge < -0.3 is 19.5 Å². The van der Waals surface area contributed by atoms with Gasteiger partial charge >= 0.3 is 11.9 Å². The Balaban J connectivity index is 2.04. The van der Waals surface area contributed by atoms with Crippen molar-refractivity contribution in [3.63, 3.8) is 0 Å². The van der Waals surface area contributed by atoms with Crippen molar-refractivity contribution in [3.05, 3.63) is 70.7 Å². The standard InChI is InChI=1S/C23H21N3O5/c1-15-10-19(20(12-24)13-25)11-22(29-15)9-6-18-4-7-21(8-5-18)26-14-23(30-16(2)27)31-17(3)28/h4-11,23,26H,14H2,1-3H3/b9-6+. The molecule has 0 saturated carbocycles. The van der Waals surface area contributed by atoms with Crippen LogP contribution in [0, 0.1) is 22.7 Å². The van der Waals surface area contributed by atoms with E-state index in [0.29, 0.717) is 17.1 Å². The van der Waals surface area contributed by atoms with Crippen molar-refractivity contribution in [3.8, 4) is 12.1 Å². The Kier molecular flexibility index (Phi) is 8.18. The molecule has 1 heterocycles. The number of nitrogens with zero attached hydrogens (tertiary/aromatic N) is 2. The number of rotatable bonds is 7. The molecule has 1 aromatic carbocycles. The molecule has 1 aliphatic rings. The number of ether oxygens (including phenoxy) is 3. The Morgan fingerprint density at radius 3 is 2.23 bits per heavy atom. The van der Waals surface area contributed by atoms with Crippen LogP contribution in [0.25, 0.3) is 6.08 Å². The molecule has 0 amide bonds. The number of carbonyl (C=O) groups is 2. The molecular formula is C23H21N3O5. The molecule has 1 aromatic rings. The molecule has 0 bridgehead atoms. The van der Waals surface area contributed by atoms with Gasteiger partial charge in [0.2, 0.25) is 0 Å². The summed E-state index contributed by atoms with van der Waals surface area (Å²) >= 11 is 0. The Morgan fingerprint density at radius 2 is 1.68 bits per heavy atom. The largest absolute Gasteiger partial charge is 0.462 e. The summed E-state index contributed by atoms with van der Waals surface area (Å²) in [4.78, 5) is 22.2. The van der Waals surface area contributed by atoms with Gasteiger partial charge in [-0.3, -0.25) is 9.59 Å². The van der Waals surface area contributed by atoms with Gasteiger partial charge in [0.1, 0.15) is 29.2 Å². The van der Waals surface area contributed by atoms with Gasteiger partial charge in [-0.2, -0.15) is 10.5 Å². The summed E-state index contributed by atoms with van der Waals surface area (Å²) in [5.41, 5.74) is 2.14. The average molecular weight is 419 g/mol. The number of hydrogen-bond acceptors (Lipinski definition) is 8. The zero-order valence-corrected chi connectivity index (χ0v) is 17.3. The van der Waals surface area contributed by atoms with Gasteiger partial charge in [-0.15, -0.1) is 0 Å². The first-order valence-electron chi connectivity index (χ1n) is 9.29. The normalized spacial score (nSPS) is 12.8. The quantitative estimate of drug-likeness (QED) is 0.403. The van der Waals surface area contributed by atoms with Gasteiger partial charge in [-0.05, 0) is 42.8 Å². The van der Waals surface area contributed by atoms with E-state index in [1.807, 2.05) is 42.5 Å². The van der Waals surface area contributed by atoms with Gasteiger partial charge in [-0.25, -0.2) is 0 Å². The predicted octanol–water partition coefficient (Wildman–Crippen LogP) is 3.73. The lowest BCUT2D eigenvalue weighted by Crippen LogP contribution is -2.29. The van der Waals surface area contributed by atoms with E-state index in [4.69, 9.17) is 24.7 Å². The molecule has 8 heteroatoms. The molecule has 1 aliphatic heterocycles. The molecule has 0 atom stereocenters. The van der Waals surface area contributed by atoms with Crippen molar-refractivity contribution in [1.29, 1.82) is 10.5 Å². The molecule has 0 aliphatic carbocycles. The first kappa shape index (κ1) is 23.0. The number of nitrogens with one attached hydrogen (secondary N) is 1. The van der Waals surface area contributed by atoms with Crippen molar-refractivity contribution in [1.82, 2.24) is 0 Å². The smallest absolute Gasteiger partial charge is 0.305 e. The van der Waals surface area contributed by atoms with Crippen LogP contribution in [0.2, 0.25) is 0 Å². The van der Waals surface area contributed by atoms with E-state index < -0.39 is 18.2 Å². The number of esters is 2. The minimum atomic E-state index is -1.02. The molecule has 2 rings (SSSR count). The highest BCUT2D eigenvalue weighted by atomic mass is 16.7. The van der Waals surface area contributed by atoms with Crippen molar-refractivity contribution >= 4 is 23.7 Å². The monoisotopic (exact) mass is 419 g/mol. The van der Waals surface area contributed by atoms with Crippen LogP contribution < -0.4 is 5.32 Å². The van der Waals surface area contributed by atoms with Gasteiger partial charge in [-0.1, -0.05) is 18.2 Å². The minimum absolute atomic E-state index is 0.0183. The van der Waals surface area contributed by atoms with Crippen LogP contribution in [0.1, 0.15) is 26.3 Å². The first-order valence-corrected chi connectivity index (χ1v) is 9.29. The average Bonchev–Trinajstić information content (AvgIpc) is 2.71. The van der Waals surface area contributed by atoms with Crippen molar-refractivity contribution < 1.29 is 23.8 Å². The number of hydrogen-bond donors (Lipinski definition) is 1. The van der Waals surface area contributed by atoms with Gasteiger partial charge in [0, 0.05) is 25.1 Å². The highest BCUT2D eigenvalue weighted by molar-refractivity contribution is 5.68. The summed E-state index contributed by atoms with van der Waals surface area (Å²) in [7, 11) is 0. The Hall–Kier alpha value is -4.30. The molecule has 0 saturated heterocycles. The maximum atomic E-state index is 11.1. The van der Waals surface area contributed by atoms with Crippen molar-refractivity contribution in [2.75, 3.05) is 11.9 Å². The van der Waals surface area contributed by atoms with E-state index in [0.717, 1.165) is 11.3 Å². The maximum Gasteiger partial charge on any atom is 0.305 e. The third-order valence-electron chi connectivity index (χ3n) is 3.87. The van der Waals surface area contributed by atoms with Gasteiger partial charge in [0.25, 0.3) is 6.29 Å². The van der Waals surface area contributed by atoms with Crippen LogP contribution in [0.3, 0.4) is 0 Å². The molecule has 0 unspecified atom stereocenters. The Morgan fingerprint density at radius 1 is 1.06 bits per heavy atom. The van der Waals surface area contributed by atoms with E-state index in [9.17, 15) is 9.59 Å². The number of allylic oxidation sites excluding steroid dienone is 6. The molecular weight excluding hydrogens is 398 g/mol. The predicted molar refractivity (Wildman–Crippen MR) is 112 cm³/mol. The summed E-state index contributed by atoms with van der Waals surface area (Å²) < 4.78 is 15.5. The second-order valence-corrected chi connectivity index (χ2v) is 6.44. The summed E-state index contributed by atoms with van der Waals surface area (Å²) in [5, 5.41) is 21.1. The van der Waals surface area contributed by atoms with E-state index in [-0.39, 0.29) is 12.1 Å². The second kappa shape index (κ2) is 11.0. The molecule has 0 fully saturated rings. The molecule has 31 heavy (non-hydrogen) atoms. The van der Waals surface area contributed by atoms with Gasteiger partial charge in [0.05, 0.1) is 6.54 Å². The molecule has 0 radical (unpaired) electrons. The van der Waals surface area contributed by atoms with Crippen molar-refractivity contribution in [2.24, 2.45) is 0 Å². The highest BCUT2D eigenvalue weighted by Gasteiger charge is 2.15. The lowest BCUT2D eigenvalue weighted by atomic mass is 10.1. The summed E-state index contributed by atoms with van der Waals surface area (Å²) in [6, 6.07) is 11.1. The Labute approximate surface area is 180 Å². The van der Waals surface area contributed by atoms with E-state index in [1.165, 1.54) is 13.8 Å². The molecule has 0 spiro atoms. The number of benzene rings is 1. The minimum Gasteiger partial charge on any atom is -0.462 e. The molecule has 158 valence electrons. The van der Waals surface area contributed by atoms with Gasteiger partial charge in [0.15, 0.2) is 0 Å². The van der Waals surface area contributed by atoms with Crippen LogP contribution in [-0.2, 0) is 23.8 Å². The lowest BCUT2D eigenvalue weighted by molar-refractivity contribution is -0.182.